The van der Waals surface area contributed by atoms with E-state index in [9.17, 15) is 4.57 Å². The van der Waals surface area contributed by atoms with Gasteiger partial charge in [0.15, 0.2) is 6.16 Å². The molecule has 0 fully saturated rings. The first-order valence-corrected chi connectivity index (χ1v) is 4.89. The van der Waals surface area contributed by atoms with Crippen LogP contribution >= 0.6 is 8.03 Å². The number of hydrogen-bond acceptors (Lipinski definition) is 2. The standard InChI is InChI=1S/C9H12O2P/c1-4-7-9(6-3)11-12(10)8-5-2/h1,5-6,9H,2-3,7-8H2/q+1. The van der Waals surface area contributed by atoms with Crippen LogP contribution in [0.5, 0.6) is 0 Å². The molecule has 0 heterocycles. The minimum absolute atomic E-state index is 0.307. The fraction of sp³-hybridized carbons (Fsp3) is 0.333. The van der Waals surface area contributed by atoms with Crippen molar-refractivity contribution in [1.82, 2.24) is 0 Å². The zero-order valence-electron chi connectivity index (χ0n) is 6.90. The van der Waals surface area contributed by atoms with Gasteiger partial charge in [-0.25, -0.2) is 0 Å². The van der Waals surface area contributed by atoms with Crippen LogP contribution in [0.2, 0.25) is 0 Å². The van der Waals surface area contributed by atoms with Gasteiger partial charge in [-0.1, -0.05) is 12.7 Å². The molecule has 64 valence electrons. The summed E-state index contributed by atoms with van der Waals surface area (Å²) in [5.41, 5.74) is 0. The van der Waals surface area contributed by atoms with E-state index in [-0.39, 0.29) is 6.10 Å². The van der Waals surface area contributed by atoms with E-state index >= 15 is 0 Å². The average Bonchev–Trinajstić information content (AvgIpc) is 2.04. The number of hydrogen-bond donors (Lipinski definition) is 0. The largest absolute Gasteiger partial charge is 0.512 e. The van der Waals surface area contributed by atoms with Crippen LogP contribution in [0, 0.1) is 12.3 Å². The molecule has 2 atom stereocenters. The summed E-state index contributed by atoms with van der Waals surface area (Å²) >= 11 is 0. The van der Waals surface area contributed by atoms with Crippen LogP contribution in [0.4, 0.5) is 0 Å². The van der Waals surface area contributed by atoms with E-state index in [1.165, 1.54) is 0 Å². The van der Waals surface area contributed by atoms with Crippen molar-refractivity contribution in [1.29, 1.82) is 0 Å². The molecule has 12 heavy (non-hydrogen) atoms. The third-order valence-corrected chi connectivity index (χ3v) is 2.18. The van der Waals surface area contributed by atoms with Crippen molar-refractivity contribution in [3.63, 3.8) is 0 Å². The highest BCUT2D eigenvalue weighted by atomic mass is 31.1. The molecular formula is C9H12O2P+. The first-order chi connectivity index (χ1) is 5.74. The van der Waals surface area contributed by atoms with Gasteiger partial charge in [0, 0.05) is 6.42 Å². The summed E-state index contributed by atoms with van der Waals surface area (Å²) in [6.45, 7) is 6.97. The minimum Gasteiger partial charge on any atom is -0.138 e. The molecular weight excluding hydrogens is 171 g/mol. The Morgan fingerprint density at radius 2 is 2.33 bits per heavy atom. The number of terminal acetylenes is 1. The van der Waals surface area contributed by atoms with E-state index < -0.39 is 8.03 Å². The molecule has 0 amide bonds. The van der Waals surface area contributed by atoms with Gasteiger partial charge in [0.2, 0.25) is 0 Å². The summed E-state index contributed by atoms with van der Waals surface area (Å²) in [6, 6.07) is 0. The van der Waals surface area contributed by atoms with Crippen molar-refractivity contribution in [2.24, 2.45) is 0 Å². The van der Waals surface area contributed by atoms with Crippen molar-refractivity contribution in [2.45, 2.75) is 12.5 Å². The second-order valence-electron chi connectivity index (χ2n) is 2.09. The van der Waals surface area contributed by atoms with E-state index in [0.29, 0.717) is 12.6 Å². The van der Waals surface area contributed by atoms with Gasteiger partial charge in [-0.2, -0.15) is 0 Å². The average molecular weight is 183 g/mol. The van der Waals surface area contributed by atoms with Gasteiger partial charge < -0.3 is 0 Å². The van der Waals surface area contributed by atoms with Crippen molar-refractivity contribution in [3.8, 4) is 12.3 Å². The molecule has 0 saturated heterocycles. The lowest BCUT2D eigenvalue weighted by Crippen LogP contribution is -2.03. The van der Waals surface area contributed by atoms with Crippen LogP contribution in [0.25, 0.3) is 0 Å². The van der Waals surface area contributed by atoms with Gasteiger partial charge in [0.05, 0.1) is 0 Å². The summed E-state index contributed by atoms with van der Waals surface area (Å²) in [5, 5.41) is 0. The van der Waals surface area contributed by atoms with Crippen LogP contribution in [-0.2, 0) is 9.09 Å². The maximum atomic E-state index is 11.0. The van der Waals surface area contributed by atoms with Crippen LogP contribution in [0.1, 0.15) is 6.42 Å². The molecule has 0 aromatic heterocycles. The van der Waals surface area contributed by atoms with E-state index in [1.54, 1.807) is 12.2 Å². The predicted octanol–water partition coefficient (Wildman–Crippen LogP) is 2.51. The lowest BCUT2D eigenvalue weighted by Gasteiger charge is -1.98. The van der Waals surface area contributed by atoms with E-state index in [1.807, 2.05) is 0 Å². The van der Waals surface area contributed by atoms with Crippen LogP contribution < -0.4 is 0 Å². The molecule has 2 unspecified atom stereocenters. The predicted molar refractivity (Wildman–Crippen MR) is 51.2 cm³/mol. The molecule has 0 radical (unpaired) electrons. The van der Waals surface area contributed by atoms with Crippen LogP contribution in [-0.4, -0.2) is 12.3 Å². The highest BCUT2D eigenvalue weighted by Crippen LogP contribution is 2.25. The van der Waals surface area contributed by atoms with Crippen molar-refractivity contribution >= 4 is 8.03 Å². The molecule has 0 rings (SSSR count). The molecule has 0 bridgehead atoms. The Hall–Kier alpha value is -0.900. The lowest BCUT2D eigenvalue weighted by molar-refractivity contribution is 0.270. The first kappa shape index (κ1) is 11.1. The summed E-state index contributed by atoms with van der Waals surface area (Å²) in [5.74, 6) is 2.42. The zero-order valence-corrected chi connectivity index (χ0v) is 7.80. The van der Waals surface area contributed by atoms with Crippen molar-refractivity contribution < 1.29 is 9.09 Å². The Kier molecular flexibility index (Phi) is 6.28. The van der Waals surface area contributed by atoms with Crippen molar-refractivity contribution in [2.75, 3.05) is 6.16 Å². The smallest absolute Gasteiger partial charge is 0.138 e. The van der Waals surface area contributed by atoms with E-state index in [2.05, 4.69) is 19.1 Å². The molecule has 0 aromatic rings. The number of allylic oxidation sites excluding steroid dienone is 1. The number of rotatable bonds is 6. The topological polar surface area (TPSA) is 26.3 Å². The highest BCUT2D eigenvalue weighted by Gasteiger charge is 2.19. The van der Waals surface area contributed by atoms with Gasteiger partial charge in [-0.3, -0.25) is 0 Å². The third kappa shape index (κ3) is 4.85. The lowest BCUT2D eigenvalue weighted by atomic mass is 10.3. The van der Waals surface area contributed by atoms with Gasteiger partial charge >= 0.3 is 8.03 Å². The third-order valence-electron chi connectivity index (χ3n) is 1.11. The summed E-state index contributed by atoms with van der Waals surface area (Å²) in [6.07, 6.45) is 8.61. The summed E-state index contributed by atoms with van der Waals surface area (Å²) in [7, 11) is -1.67. The van der Waals surface area contributed by atoms with Gasteiger partial charge in [0.1, 0.15) is 6.10 Å². The minimum atomic E-state index is -1.67. The fourth-order valence-electron chi connectivity index (χ4n) is 0.579. The Morgan fingerprint density at radius 3 is 2.75 bits per heavy atom. The molecule has 0 aliphatic carbocycles. The van der Waals surface area contributed by atoms with Gasteiger partial charge in [0.25, 0.3) is 0 Å². The highest BCUT2D eigenvalue weighted by molar-refractivity contribution is 7.39. The molecule has 0 aromatic carbocycles. The van der Waals surface area contributed by atoms with Crippen LogP contribution in [0.15, 0.2) is 25.3 Å². The molecule has 2 nitrogen and oxygen atoms in total. The molecule has 0 aliphatic heterocycles. The second-order valence-corrected chi connectivity index (χ2v) is 3.33. The maximum absolute atomic E-state index is 11.0. The molecule has 0 saturated carbocycles. The Balaban J connectivity index is 3.86. The molecule has 0 N–H and O–H groups in total. The Bertz CT molecular complexity index is 215. The van der Waals surface area contributed by atoms with E-state index in [4.69, 9.17) is 10.9 Å². The molecule has 3 heteroatoms. The Labute approximate surface area is 74.2 Å². The monoisotopic (exact) mass is 183 g/mol. The fourth-order valence-corrected chi connectivity index (χ4v) is 1.34. The molecule has 0 spiro atoms. The van der Waals surface area contributed by atoms with E-state index in [0.717, 1.165) is 0 Å². The second kappa shape index (κ2) is 6.79. The summed E-state index contributed by atoms with van der Waals surface area (Å²) in [4.78, 5) is 0. The molecule has 0 aliphatic rings. The SMILES string of the molecule is C#CCC(C=C)O[P+](=O)CC=C. The zero-order chi connectivity index (χ0) is 9.40. The van der Waals surface area contributed by atoms with Gasteiger partial charge in [-0.15, -0.1) is 23.4 Å². The quantitative estimate of drug-likeness (QED) is 0.359. The summed E-state index contributed by atoms with van der Waals surface area (Å²) < 4.78 is 16.1. The van der Waals surface area contributed by atoms with Crippen molar-refractivity contribution in [3.05, 3.63) is 25.3 Å². The normalized spacial score (nSPS) is 12.8. The maximum Gasteiger partial charge on any atom is 0.512 e. The first-order valence-electron chi connectivity index (χ1n) is 3.53. The Morgan fingerprint density at radius 1 is 1.67 bits per heavy atom. The van der Waals surface area contributed by atoms with Gasteiger partial charge in [-0.05, 0) is 10.6 Å². The van der Waals surface area contributed by atoms with Crippen LogP contribution in [0.3, 0.4) is 0 Å².